The second kappa shape index (κ2) is 6.26. The average molecular weight is 329 g/mol. The molecule has 0 amide bonds. The first-order chi connectivity index (χ1) is 11.1. The second-order valence-electron chi connectivity index (χ2n) is 5.74. The van der Waals surface area contributed by atoms with Crippen LogP contribution in [0.3, 0.4) is 0 Å². The van der Waals surface area contributed by atoms with Crippen molar-refractivity contribution >= 4 is 16.1 Å². The molecule has 120 valence electrons. The van der Waals surface area contributed by atoms with Crippen LogP contribution in [0.1, 0.15) is 40.9 Å². The van der Waals surface area contributed by atoms with Crippen molar-refractivity contribution in [2.45, 2.75) is 29.5 Å². The van der Waals surface area contributed by atoms with Crippen molar-refractivity contribution in [2.24, 2.45) is 0 Å². The summed E-state index contributed by atoms with van der Waals surface area (Å²) in [7, 11) is -3.46. The van der Waals surface area contributed by atoms with E-state index in [1.807, 2.05) is 37.3 Å². The van der Waals surface area contributed by atoms with Crippen LogP contribution in [0.5, 0.6) is 0 Å². The third-order valence-corrected chi connectivity index (χ3v) is 6.71. The van der Waals surface area contributed by atoms with Crippen LogP contribution in [0.4, 0.5) is 0 Å². The van der Waals surface area contributed by atoms with Gasteiger partial charge in [0.05, 0.1) is 16.2 Å². The van der Waals surface area contributed by atoms with Gasteiger partial charge in [0.15, 0.2) is 9.84 Å². The first-order valence-corrected chi connectivity index (χ1v) is 9.24. The van der Waals surface area contributed by atoms with E-state index in [-0.39, 0.29) is 10.9 Å². The summed E-state index contributed by atoms with van der Waals surface area (Å²) >= 11 is 0. The van der Waals surface area contributed by atoms with Crippen molar-refractivity contribution in [3.8, 4) is 0 Å². The molecule has 3 rings (SSSR count). The van der Waals surface area contributed by atoms with E-state index in [2.05, 4.69) is 5.32 Å². The molecule has 1 N–H and O–H groups in total. The molecule has 1 aliphatic rings. The van der Waals surface area contributed by atoms with Gasteiger partial charge in [0.1, 0.15) is 6.29 Å². The Bertz CT molecular complexity index is 815. The van der Waals surface area contributed by atoms with Crippen LogP contribution < -0.4 is 5.32 Å². The molecule has 5 heteroatoms. The van der Waals surface area contributed by atoms with Gasteiger partial charge in [-0.05, 0) is 23.6 Å². The lowest BCUT2D eigenvalue weighted by atomic mass is 9.97. The molecule has 2 aromatic carbocycles. The topological polar surface area (TPSA) is 63.2 Å². The fourth-order valence-electron chi connectivity index (χ4n) is 3.06. The highest BCUT2D eigenvalue weighted by Crippen LogP contribution is 2.34. The monoisotopic (exact) mass is 329 g/mol. The third kappa shape index (κ3) is 2.82. The van der Waals surface area contributed by atoms with E-state index in [4.69, 9.17) is 0 Å². The molecule has 1 aliphatic heterocycles. The van der Waals surface area contributed by atoms with Crippen molar-refractivity contribution in [2.75, 3.05) is 6.54 Å². The summed E-state index contributed by atoms with van der Waals surface area (Å²) in [6.45, 7) is 2.26. The minimum absolute atomic E-state index is 0.196. The molecule has 0 spiro atoms. The van der Waals surface area contributed by atoms with Crippen molar-refractivity contribution in [3.05, 3.63) is 65.2 Å². The molecule has 1 heterocycles. The maximum Gasteiger partial charge on any atom is 0.182 e. The number of aldehydes is 1. The maximum atomic E-state index is 12.9. The lowest BCUT2D eigenvalue weighted by Crippen LogP contribution is -2.31. The van der Waals surface area contributed by atoms with Gasteiger partial charge in [-0.1, -0.05) is 49.4 Å². The van der Waals surface area contributed by atoms with E-state index in [0.29, 0.717) is 30.4 Å². The Kier molecular flexibility index (Phi) is 4.33. The maximum absolute atomic E-state index is 12.9. The molecular formula is C18H19NO3S. The Hall–Kier alpha value is -1.98. The number of rotatable bonds is 3. The smallest absolute Gasteiger partial charge is 0.182 e. The van der Waals surface area contributed by atoms with E-state index in [1.54, 1.807) is 12.1 Å². The first kappa shape index (κ1) is 15.9. The summed E-state index contributed by atoms with van der Waals surface area (Å²) in [6.07, 6.45) is 1.22. The van der Waals surface area contributed by atoms with E-state index in [1.165, 1.54) is 6.07 Å². The van der Waals surface area contributed by atoms with Gasteiger partial charge in [0, 0.05) is 12.1 Å². The van der Waals surface area contributed by atoms with Crippen LogP contribution in [0, 0.1) is 0 Å². The highest BCUT2D eigenvalue weighted by atomic mass is 32.2. The average Bonchev–Trinajstić information content (AvgIpc) is 2.69. The van der Waals surface area contributed by atoms with Crippen LogP contribution in [-0.4, -0.2) is 26.5 Å². The molecule has 0 aliphatic carbocycles. The van der Waals surface area contributed by atoms with Gasteiger partial charge in [-0.2, -0.15) is 0 Å². The van der Waals surface area contributed by atoms with Gasteiger partial charge in [-0.15, -0.1) is 0 Å². The van der Waals surface area contributed by atoms with Gasteiger partial charge in [-0.3, -0.25) is 4.79 Å². The fourth-order valence-corrected chi connectivity index (χ4v) is 4.99. The summed E-state index contributed by atoms with van der Waals surface area (Å²) in [4.78, 5) is 11.4. The highest BCUT2D eigenvalue weighted by molar-refractivity contribution is 7.92. The molecule has 0 radical (unpaired) electrons. The Morgan fingerprint density at radius 3 is 2.57 bits per heavy atom. The molecule has 23 heavy (non-hydrogen) atoms. The molecule has 0 saturated heterocycles. The van der Waals surface area contributed by atoms with E-state index < -0.39 is 15.1 Å². The zero-order valence-electron chi connectivity index (χ0n) is 12.9. The van der Waals surface area contributed by atoms with Crippen LogP contribution in [0.15, 0.2) is 53.4 Å². The minimum atomic E-state index is -3.46. The van der Waals surface area contributed by atoms with Crippen LogP contribution in [0.25, 0.3) is 0 Å². The van der Waals surface area contributed by atoms with Gasteiger partial charge in [0.25, 0.3) is 0 Å². The number of fused-ring (bicyclic) bond motifs is 1. The van der Waals surface area contributed by atoms with Crippen LogP contribution in [-0.2, 0) is 9.84 Å². The molecule has 0 fully saturated rings. The molecule has 0 aromatic heterocycles. The van der Waals surface area contributed by atoms with Crippen molar-refractivity contribution < 1.29 is 13.2 Å². The Balaban J connectivity index is 2.23. The van der Waals surface area contributed by atoms with E-state index >= 15 is 0 Å². The number of hydrogen-bond donors (Lipinski definition) is 1. The van der Waals surface area contributed by atoms with Gasteiger partial charge >= 0.3 is 0 Å². The zero-order chi connectivity index (χ0) is 16.4. The summed E-state index contributed by atoms with van der Waals surface area (Å²) in [5, 5.41) is 2.89. The number of nitrogens with one attached hydrogen (secondary N) is 1. The van der Waals surface area contributed by atoms with Crippen LogP contribution >= 0.6 is 0 Å². The lowest BCUT2D eigenvalue weighted by molar-refractivity contribution is 0.112. The second-order valence-corrected chi connectivity index (χ2v) is 7.94. The number of carbonyl (C=O) groups is 1. The predicted molar refractivity (Wildman–Crippen MR) is 89.4 cm³/mol. The minimum Gasteiger partial charge on any atom is -0.305 e. The molecular weight excluding hydrogens is 310 g/mol. The SMILES string of the molecule is CCC1CNC(c2ccccc2)c2ccc(C=O)cc2S1(=O)=O. The summed E-state index contributed by atoms with van der Waals surface area (Å²) in [5.41, 5.74) is 2.10. The quantitative estimate of drug-likeness (QED) is 0.880. The summed E-state index contributed by atoms with van der Waals surface area (Å²) in [6, 6.07) is 14.5. The Morgan fingerprint density at radius 1 is 1.17 bits per heavy atom. The zero-order valence-corrected chi connectivity index (χ0v) is 13.7. The normalized spacial score (nSPS) is 22.8. The number of benzene rings is 2. The fraction of sp³-hybridized carbons (Fsp3) is 0.278. The van der Waals surface area contributed by atoms with Gasteiger partial charge in [0.2, 0.25) is 0 Å². The van der Waals surface area contributed by atoms with Gasteiger partial charge < -0.3 is 5.32 Å². The summed E-state index contributed by atoms with van der Waals surface area (Å²) < 4.78 is 25.9. The molecule has 4 nitrogen and oxygen atoms in total. The van der Waals surface area contributed by atoms with Crippen molar-refractivity contribution in [1.82, 2.24) is 5.32 Å². The number of carbonyl (C=O) groups excluding carboxylic acids is 1. The standard InChI is InChI=1S/C18H19NO3S/c1-2-15-11-19-18(14-6-4-3-5-7-14)16-9-8-13(12-20)10-17(16)23(15,21)22/h3-10,12,15,18-19H,2,11H2,1H3. The number of sulfone groups is 1. The van der Waals surface area contributed by atoms with Crippen molar-refractivity contribution in [3.63, 3.8) is 0 Å². The van der Waals surface area contributed by atoms with E-state index in [9.17, 15) is 13.2 Å². The highest BCUT2D eigenvalue weighted by Gasteiger charge is 2.34. The number of hydrogen-bond acceptors (Lipinski definition) is 4. The molecule has 2 aromatic rings. The molecule has 0 saturated carbocycles. The molecule has 0 bridgehead atoms. The Labute approximate surface area is 136 Å². The largest absolute Gasteiger partial charge is 0.305 e. The Morgan fingerprint density at radius 2 is 1.91 bits per heavy atom. The predicted octanol–water partition coefficient (Wildman–Crippen LogP) is 2.74. The first-order valence-electron chi connectivity index (χ1n) is 7.69. The third-order valence-electron chi connectivity index (χ3n) is 4.37. The van der Waals surface area contributed by atoms with Crippen molar-refractivity contribution in [1.29, 1.82) is 0 Å². The lowest BCUT2D eigenvalue weighted by Gasteiger charge is -2.19. The van der Waals surface area contributed by atoms with Crippen LogP contribution in [0.2, 0.25) is 0 Å². The summed E-state index contributed by atoms with van der Waals surface area (Å²) in [5.74, 6) is 0. The molecule has 2 atom stereocenters. The molecule has 2 unspecified atom stereocenters. The van der Waals surface area contributed by atoms with E-state index in [0.717, 1.165) is 5.56 Å². The van der Waals surface area contributed by atoms with Gasteiger partial charge in [-0.25, -0.2) is 8.42 Å².